The molecule has 26 heavy (non-hydrogen) atoms. The van der Waals surface area contributed by atoms with Crippen molar-refractivity contribution >= 4 is 22.9 Å². The van der Waals surface area contributed by atoms with Gasteiger partial charge in [0.25, 0.3) is 11.6 Å². The number of likely N-dealkylation sites (tertiary alicyclic amines) is 1. The second kappa shape index (κ2) is 7.74. The van der Waals surface area contributed by atoms with E-state index in [-0.39, 0.29) is 22.9 Å². The average Bonchev–Trinajstić information content (AvgIpc) is 3.21. The first-order chi connectivity index (χ1) is 12.5. The molecule has 1 aliphatic rings. The van der Waals surface area contributed by atoms with E-state index in [0.717, 1.165) is 12.8 Å². The SMILES string of the molecule is COc1cc(C(=O)N2CCC(c3ccsc3)CC2)c([N+](=O)[O-])cc1OC. The second-order valence-corrected chi connectivity index (χ2v) is 6.88. The normalized spacial score (nSPS) is 14.9. The van der Waals surface area contributed by atoms with Gasteiger partial charge in [0.2, 0.25) is 0 Å². The third-order valence-corrected chi connectivity index (χ3v) is 5.43. The van der Waals surface area contributed by atoms with E-state index < -0.39 is 4.92 Å². The van der Waals surface area contributed by atoms with Gasteiger partial charge in [0.1, 0.15) is 5.56 Å². The lowest BCUT2D eigenvalue weighted by Gasteiger charge is -2.31. The number of rotatable bonds is 5. The minimum Gasteiger partial charge on any atom is -0.493 e. The van der Waals surface area contributed by atoms with Gasteiger partial charge < -0.3 is 14.4 Å². The molecule has 138 valence electrons. The standard InChI is InChI=1S/C18H20N2O5S/c1-24-16-9-14(15(20(22)23)10-17(16)25-2)18(21)19-6-3-12(4-7-19)13-5-8-26-11-13/h5,8-12H,3-4,6-7H2,1-2H3. The Labute approximate surface area is 155 Å². The molecule has 0 radical (unpaired) electrons. The van der Waals surface area contributed by atoms with Gasteiger partial charge in [-0.3, -0.25) is 14.9 Å². The lowest BCUT2D eigenvalue weighted by Crippen LogP contribution is -2.38. The Bertz CT molecular complexity index is 798. The molecule has 1 saturated heterocycles. The number of benzene rings is 1. The Hall–Kier alpha value is -2.61. The number of piperidine rings is 1. The van der Waals surface area contributed by atoms with Crippen LogP contribution in [-0.2, 0) is 0 Å². The van der Waals surface area contributed by atoms with E-state index in [2.05, 4.69) is 16.8 Å². The van der Waals surface area contributed by atoms with Crippen molar-refractivity contribution in [1.82, 2.24) is 4.90 Å². The zero-order valence-electron chi connectivity index (χ0n) is 14.6. The number of amides is 1. The predicted octanol–water partition coefficient (Wildman–Crippen LogP) is 3.69. The number of nitro groups is 1. The fraction of sp³-hybridized carbons (Fsp3) is 0.389. The minimum absolute atomic E-state index is 0.0293. The molecule has 7 nitrogen and oxygen atoms in total. The smallest absolute Gasteiger partial charge is 0.286 e. The van der Waals surface area contributed by atoms with E-state index in [1.165, 1.54) is 31.9 Å². The van der Waals surface area contributed by atoms with Gasteiger partial charge in [0.15, 0.2) is 11.5 Å². The van der Waals surface area contributed by atoms with E-state index in [1.807, 2.05) is 0 Å². The third kappa shape index (κ3) is 3.50. The maximum Gasteiger partial charge on any atom is 0.286 e. The van der Waals surface area contributed by atoms with Gasteiger partial charge >= 0.3 is 0 Å². The molecule has 0 atom stereocenters. The summed E-state index contributed by atoms with van der Waals surface area (Å²) >= 11 is 1.67. The second-order valence-electron chi connectivity index (χ2n) is 6.10. The number of carbonyl (C=O) groups excluding carboxylic acids is 1. The monoisotopic (exact) mass is 376 g/mol. The van der Waals surface area contributed by atoms with Gasteiger partial charge in [-0.25, -0.2) is 0 Å². The highest BCUT2D eigenvalue weighted by Crippen LogP contribution is 2.36. The average molecular weight is 376 g/mol. The highest BCUT2D eigenvalue weighted by Gasteiger charge is 2.30. The quantitative estimate of drug-likeness (QED) is 0.587. The van der Waals surface area contributed by atoms with Crippen LogP contribution >= 0.6 is 11.3 Å². The summed E-state index contributed by atoms with van der Waals surface area (Å²) in [5.74, 6) is 0.619. The first-order valence-corrected chi connectivity index (χ1v) is 9.21. The van der Waals surface area contributed by atoms with Crippen molar-refractivity contribution in [3.8, 4) is 11.5 Å². The number of thiophene rings is 1. The molecule has 3 rings (SSSR count). The Morgan fingerprint density at radius 1 is 1.23 bits per heavy atom. The molecule has 1 aromatic carbocycles. The van der Waals surface area contributed by atoms with Gasteiger partial charge in [-0.2, -0.15) is 11.3 Å². The molecule has 0 saturated carbocycles. The number of hydrogen-bond acceptors (Lipinski definition) is 6. The molecule has 0 unspecified atom stereocenters. The summed E-state index contributed by atoms with van der Waals surface area (Å²) in [6.45, 7) is 1.15. The van der Waals surface area contributed by atoms with Crippen LogP contribution in [0.2, 0.25) is 0 Å². The number of methoxy groups -OCH3 is 2. The van der Waals surface area contributed by atoms with Crippen LogP contribution in [0.25, 0.3) is 0 Å². The highest BCUT2D eigenvalue weighted by molar-refractivity contribution is 7.07. The van der Waals surface area contributed by atoms with E-state index in [0.29, 0.717) is 24.8 Å². The number of carbonyl (C=O) groups is 1. The van der Waals surface area contributed by atoms with Crippen LogP contribution in [0, 0.1) is 10.1 Å². The van der Waals surface area contributed by atoms with Crippen LogP contribution in [0.1, 0.15) is 34.7 Å². The van der Waals surface area contributed by atoms with E-state index >= 15 is 0 Å². The van der Waals surface area contributed by atoms with Gasteiger partial charge in [-0.05, 0) is 41.1 Å². The van der Waals surface area contributed by atoms with E-state index in [1.54, 1.807) is 16.2 Å². The van der Waals surface area contributed by atoms with E-state index in [9.17, 15) is 14.9 Å². The fourth-order valence-corrected chi connectivity index (χ4v) is 4.03. The molecule has 1 aromatic heterocycles. The number of nitro benzene ring substituents is 1. The molecule has 2 aromatic rings. The Balaban J connectivity index is 1.82. The summed E-state index contributed by atoms with van der Waals surface area (Å²) in [6.07, 6.45) is 1.70. The molecule has 0 bridgehead atoms. The summed E-state index contributed by atoms with van der Waals surface area (Å²) in [4.78, 5) is 25.5. The maximum absolute atomic E-state index is 12.9. The number of ether oxygens (including phenoxy) is 2. The summed E-state index contributed by atoms with van der Waals surface area (Å²) in [5.41, 5.74) is 1.06. The van der Waals surface area contributed by atoms with Crippen LogP contribution in [0.5, 0.6) is 11.5 Å². The fourth-order valence-electron chi connectivity index (χ4n) is 3.28. The molecule has 1 aliphatic heterocycles. The Morgan fingerprint density at radius 3 is 2.42 bits per heavy atom. The van der Waals surface area contributed by atoms with Crippen LogP contribution in [0.15, 0.2) is 29.0 Å². The van der Waals surface area contributed by atoms with Gasteiger partial charge in [-0.1, -0.05) is 0 Å². The Morgan fingerprint density at radius 2 is 1.88 bits per heavy atom. The lowest BCUT2D eigenvalue weighted by molar-refractivity contribution is -0.385. The van der Waals surface area contributed by atoms with Crippen molar-refractivity contribution in [2.75, 3.05) is 27.3 Å². The molecule has 2 heterocycles. The van der Waals surface area contributed by atoms with Crippen molar-refractivity contribution in [3.05, 3.63) is 50.2 Å². The summed E-state index contributed by atoms with van der Waals surface area (Å²) in [7, 11) is 2.84. The van der Waals surface area contributed by atoms with E-state index in [4.69, 9.17) is 9.47 Å². The van der Waals surface area contributed by atoms with Crippen molar-refractivity contribution < 1.29 is 19.2 Å². The molecule has 0 N–H and O–H groups in total. The van der Waals surface area contributed by atoms with Gasteiger partial charge in [0, 0.05) is 19.2 Å². The molecule has 0 spiro atoms. The Kier molecular flexibility index (Phi) is 5.41. The number of nitrogens with zero attached hydrogens (tertiary/aromatic N) is 2. The first-order valence-electron chi connectivity index (χ1n) is 8.27. The molecule has 8 heteroatoms. The first kappa shape index (κ1) is 18.2. The van der Waals surface area contributed by atoms with Gasteiger partial charge in [-0.15, -0.1) is 0 Å². The predicted molar refractivity (Wildman–Crippen MR) is 98.4 cm³/mol. The third-order valence-electron chi connectivity index (χ3n) is 4.73. The van der Waals surface area contributed by atoms with Crippen molar-refractivity contribution in [2.24, 2.45) is 0 Å². The number of hydrogen-bond donors (Lipinski definition) is 0. The van der Waals surface area contributed by atoms with Crippen molar-refractivity contribution in [2.45, 2.75) is 18.8 Å². The molecular formula is C18H20N2O5S. The van der Waals surface area contributed by atoms with Crippen LogP contribution in [-0.4, -0.2) is 43.0 Å². The maximum atomic E-state index is 12.9. The molecule has 1 fully saturated rings. The molecule has 1 amide bonds. The highest BCUT2D eigenvalue weighted by atomic mass is 32.1. The van der Waals surface area contributed by atoms with Crippen molar-refractivity contribution in [1.29, 1.82) is 0 Å². The summed E-state index contributed by atoms with van der Waals surface area (Å²) < 4.78 is 10.3. The minimum atomic E-state index is -0.562. The molecule has 0 aliphatic carbocycles. The summed E-state index contributed by atoms with van der Waals surface area (Å²) in [6, 6.07) is 4.75. The largest absolute Gasteiger partial charge is 0.493 e. The molecular weight excluding hydrogens is 356 g/mol. The van der Waals surface area contributed by atoms with Crippen molar-refractivity contribution in [3.63, 3.8) is 0 Å². The summed E-state index contributed by atoms with van der Waals surface area (Å²) in [5, 5.41) is 15.6. The van der Waals surface area contributed by atoms with Gasteiger partial charge in [0.05, 0.1) is 25.2 Å². The van der Waals surface area contributed by atoms with Crippen LogP contribution < -0.4 is 9.47 Å². The zero-order chi connectivity index (χ0) is 18.7. The zero-order valence-corrected chi connectivity index (χ0v) is 15.5. The van der Waals surface area contributed by atoms with Crippen LogP contribution in [0.4, 0.5) is 5.69 Å². The lowest BCUT2D eigenvalue weighted by atomic mass is 9.91. The topological polar surface area (TPSA) is 81.9 Å². The van der Waals surface area contributed by atoms with Crippen LogP contribution in [0.3, 0.4) is 0 Å².